The first-order valence-corrected chi connectivity index (χ1v) is 8.43. The van der Waals surface area contributed by atoms with Crippen molar-refractivity contribution in [3.05, 3.63) is 42.4 Å². The van der Waals surface area contributed by atoms with Crippen molar-refractivity contribution in [3.8, 4) is 5.75 Å². The quantitative estimate of drug-likeness (QED) is 0.255. The predicted molar refractivity (Wildman–Crippen MR) is 93.0 cm³/mol. The highest BCUT2D eigenvalue weighted by Crippen LogP contribution is 2.21. The van der Waals surface area contributed by atoms with Gasteiger partial charge < -0.3 is 7.80 Å². The highest BCUT2D eigenvalue weighted by molar-refractivity contribution is 14.1. The van der Waals surface area contributed by atoms with Crippen LogP contribution in [-0.4, -0.2) is 0 Å². The molecule has 0 fully saturated rings. The minimum atomic E-state index is 0.934. The van der Waals surface area contributed by atoms with Crippen molar-refractivity contribution in [2.24, 2.45) is 0 Å². The number of halogens is 1. The molecule has 0 radical (unpaired) electrons. The van der Waals surface area contributed by atoms with Crippen LogP contribution in [0.15, 0.2) is 36.8 Å². The Morgan fingerprint density at radius 1 is 0.950 bits per heavy atom. The van der Waals surface area contributed by atoms with Crippen molar-refractivity contribution in [1.29, 1.82) is 0 Å². The summed E-state index contributed by atoms with van der Waals surface area (Å²) in [5.41, 5.74) is 1.28. The zero-order valence-electron chi connectivity index (χ0n) is 12.3. The van der Waals surface area contributed by atoms with Crippen LogP contribution in [0, 0.1) is 0 Å². The fraction of sp³-hybridized carbons (Fsp3) is 0.529. The molecule has 3 heteroatoms. The average molecular weight is 388 g/mol. The molecular weight excluding hydrogens is 363 g/mol. The number of hydrogen-bond donors (Lipinski definition) is 0. The lowest BCUT2D eigenvalue weighted by Crippen LogP contribution is -1.92. The van der Waals surface area contributed by atoms with Crippen LogP contribution < -0.4 is 4.74 Å². The summed E-state index contributed by atoms with van der Waals surface area (Å²) >= 11 is 1.81. The van der Waals surface area contributed by atoms with Gasteiger partial charge in [-0.1, -0.05) is 63.6 Å². The van der Waals surface area contributed by atoms with Gasteiger partial charge in [-0.15, -0.1) is 0 Å². The van der Waals surface area contributed by atoms with Crippen molar-refractivity contribution in [3.63, 3.8) is 0 Å². The van der Waals surface area contributed by atoms with Gasteiger partial charge in [0, 0.05) is 0 Å². The Kier molecular flexibility index (Phi) is 10.5. The zero-order valence-corrected chi connectivity index (χ0v) is 14.5. The molecule has 0 amide bonds. The molecule has 1 aromatic carbocycles. The van der Waals surface area contributed by atoms with E-state index in [2.05, 4.69) is 19.1 Å². The van der Waals surface area contributed by atoms with E-state index < -0.39 is 0 Å². The first-order chi connectivity index (χ1) is 9.88. The lowest BCUT2D eigenvalue weighted by atomic mass is 10.0. The van der Waals surface area contributed by atoms with Gasteiger partial charge in [0.1, 0.15) is 18.3 Å². The van der Waals surface area contributed by atoms with E-state index >= 15 is 0 Å². The third-order valence-corrected chi connectivity index (χ3v) is 3.62. The van der Waals surface area contributed by atoms with Crippen molar-refractivity contribution < 1.29 is 7.80 Å². The number of aryl methyl sites for hydroxylation is 1. The van der Waals surface area contributed by atoms with E-state index in [1.807, 2.05) is 35.1 Å². The van der Waals surface area contributed by atoms with Crippen LogP contribution in [0.5, 0.6) is 5.75 Å². The normalized spacial score (nSPS) is 10.9. The molecule has 112 valence electrons. The summed E-state index contributed by atoms with van der Waals surface area (Å²) in [5, 5.41) is 0. The van der Waals surface area contributed by atoms with Crippen LogP contribution in [0.25, 0.3) is 0 Å². The maximum Gasteiger partial charge on any atom is 0.191 e. The predicted octanol–water partition coefficient (Wildman–Crippen LogP) is 6.20. The van der Waals surface area contributed by atoms with Crippen molar-refractivity contribution in [1.82, 2.24) is 0 Å². The van der Waals surface area contributed by atoms with Crippen molar-refractivity contribution in [2.75, 3.05) is 0 Å². The van der Waals surface area contributed by atoms with Gasteiger partial charge in [-0.05, 0) is 24.5 Å². The fourth-order valence-corrected chi connectivity index (χ4v) is 2.34. The molecule has 1 rings (SSSR count). The summed E-state index contributed by atoms with van der Waals surface area (Å²) in [4.78, 5) is 0. The third-order valence-electron chi connectivity index (χ3n) is 3.32. The summed E-state index contributed by atoms with van der Waals surface area (Å²) in [6, 6.07) is 8.23. The SMILES string of the molecule is CCCCCCCCCc1ccccc1OC=COI. The standard InChI is InChI=1S/C17H25IO2/c1-2-3-4-5-6-7-8-11-16-12-9-10-13-17(16)19-14-15-20-18/h9-10,12-15H,2-8,11H2,1H3. The summed E-state index contributed by atoms with van der Waals surface area (Å²) in [7, 11) is 0. The molecule has 20 heavy (non-hydrogen) atoms. The number of rotatable bonds is 11. The molecule has 0 atom stereocenters. The Morgan fingerprint density at radius 2 is 1.65 bits per heavy atom. The molecule has 0 aliphatic rings. The van der Waals surface area contributed by atoms with Crippen molar-refractivity contribution >= 4 is 23.0 Å². The molecule has 0 bridgehead atoms. The summed E-state index contributed by atoms with van der Waals surface area (Å²) in [6.07, 6.45) is 13.6. The minimum Gasteiger partial charge on any atom is -0.461 e. The lowest BCUT2D eigenvalue weighted by molar-refractivity contribution is 0.452. The number of unbranched alkanes of at least 4 members (excludes halogenated alkanes) is 6. The van der Waals surface area contributed by atoms with Gasteiger partial charge in [0.15, 0.2) is 23.0 Å². The van der Waals surface area contributed by atoms with Crippen molar-refractivity contribution in [2.45, 2.75) is 58.3 Å². The summed E-state index contributed by atoms with van der Waals surface area (Å²) in [5.74, 6) is 0.934. The molecular formula is C17H25IO2. The van der Waals surface area contributed by atoms with Crippen LogP contribution in [0.1, 0.15) is 57.4 Å². The van der Waals surface area contributed by atoms with Crippen LogP contribution in [-0.2, 0) is 9.49 Å². The summed E-state index contributed by atoms with van der Waals surface area (Å²) in [6.45, 7) is 2.26. The van der Waals surface area contributed by atoms with Gasteiger partial charge in [-0.2, -0.15) is 0 Å². The third kappa shape index (κ3) is 7.78. The largest absolute Gasteiger partial charge is 0.461 e. The van der Waals surface area contributed by atoms with Gasteiger partial charge in [-0.25, -0.2) is 0 Å². The lowest BCUT2D eigenvalue weighted by Gasteiger charge is -2.08. The van der Waals surface area contributed by atoms with Crippen LogP contribution in [0.4, 0.5) is 0 Å². The summed E-state index contributed by atoms with van der Waals surface area (Å²) < 4.78 is 10.4. The van der Waals surface area contributed by atoms with Crippen LogP contribution in [0.2, 0.25) is 0 Å². The average Bonchev–Trinajstić information content (AvgIpc) is 2.48. The van der Waals surface area contributed by atoms with E-state index in [-0.39, 0.29) is 0 Å². The molecule has 0 heterocycles. The Balaban J connectivity index is 2.27. The molecule has 0 saturated heterocycles. The number of benzene rings is 1. The monoisotopic (exact) mass is 388 g/mol. The van der Waals surface area contributed by atoms with Crippen LogP contribution >= 0.6 is 23.0 Å². The molecule has 0 aliphatic heterocycles. The first kappa shape index (κ1) is 17.3. The smallest absolute Gasteiger partial charge is 0.191 e. The van der Waals surface area contributed by atoms with Gasteiger partial charge in [0.25, 0.3) is 0 Å². The molecule has 0 N–H and O–H groups in total. The maximum atomic E-state index is 5.58. The Morgan fingerprint density at radius 3 is 2.40 bits per heavy atom. The molecule has 2 nitrogen and oxygen atoms in total. The van der Waals surface area contributed by atoms with Gasteiger partial charge >= 0.3 is 0 Å². The minimum absolute atomic E-state index is 0.934. The second-order valence-corrected chi connectivity index (χ2v) is 5.47. The van der Waals surface area contributed by atoms with E-state index in [1.165, 1.54) is 56.8 Å². The van der Waals surface area contributed by atoms with E-state index in [4.69, 9.17) is 7.80 Å². The first-order valence-electron chi connectivity index (χ1n) is 7.55. The van der Waals surface area contributed by atoms with Gasteiger partial charge in [0.05, 0.1) is 0 Å². The number of para-hydroxylation sites is 1. The van der Waals surface area contributed by atoms with Gasteiger partial charge in [0.2, 0.25) is 0 Å². The number of hydrogen-bond acceptors (Lipinski definition) is 2. The second-order valence-electron chi connectivity index (χ2n) is 4.96. The van der Waals surface area contributed by atoms with E-state index in [9.17, 15) is 0 Å². The van der Waals surface area contributed by atoms with E-state index in [0.717, 1.165) is 12.2 Å². The molecule has 0 spiro atoms. The highest BCUT2D eigenvalue weighted by atomic mass is 127. The van der Waals surface area contributed by atoms with E-state index in [0.29, 0.717) is 0 Å². The van der Waals surface area contributed by atoms with E-state index in [1.54, 1.807) is 6.26 Å². The molecule has 0 aliphatic carbocycles. The Bertz CT molecular complexity index is 377. The van der Waals surface area contributed by atoms with Gasteiger partial charge in [-0.3, -0.25) is 0 Å². The molecule has 0 aromatic heterocycles. The Labute approximate surface area is 137 Å². The molecule has 1 aromatic rings. The Hall–Kier alpha value is -0.710. The molecule has 0 unspecified atom stereocenters. The van der Waals surface area contributed by atoms with Crippen LogP contribution in [0.3, 0.4) is 0 Å². The fourth-order valence-electron chi connectivity index (χ4n) is 2.22. The number of ether oxygens (including phenoxy) is 1. The molecule has 0 saturated carbocycles. The second kappa shape index (κ2) is 12.1. The highest BCUT2D eigenvalue weighted by Gasteiger charge is 2.01. The maximum absolute atomic E-state index is 5.58. The zero-order chi connectivity index (χ0) is 14.5. The topological polar surface area (TPSA) is 18.5 Å².